The zero-order chi connectivity index (χ0) is 15.0. The molecule has 0 fully saturated rings. The summed E-state index contributed by atoms with van der Waals surface area (Å²) in [6, 6.07) is 4.36. The molecule has 20 heavy (non-hydrogen) atoms. The van der Waals surface area contributed by atoms with Gasteiger partial charge in [0.05, 0.1) is 5.69 Å². The maximum Gasteiger partial charge on any atom is 0.0562 e. The number of anilines is 1. The number of rotatable bonds is 9. The number of hydrogen-bond donors (Lipinski definition) is 1. The first-order valence-corrected chi connectivity index (χ1v) is 7.93. The van der Waals surface area contributed by atoms with Gasteiger partial charge in [0.1, 0.15) is 0 Å². The molecule has 0 aliphatic rings. The first-order valence-electron chi connectivity index (χ1n) is 7.93. The van der Waals surface area contributed by atoms with E-state index in [1.54, 1.807) is 0 Å². The molecular weight excluding hydrogens is 246 g/mol. The van der Waals surface area contributed by atoms with Gasteiger partial charge >= 0.3 is 0 Å². The van der Waals surface area contributed by atoms with Crippen molar-refractivity contribution in [3.05, 3.63) is 24.0 Å². The Labute approximate surface area is 124 Å². The van der Waals surface area contributed by atoms with Gasteiger partial charge in [-0.3, -0.25) is 4.98 Å². The fourth-order valence-corrected chi connectivity index (χ4v) is 2.32. The number of pyridine rings is 1. The summed E-state index contributed by atoms with van der Waals surface area (Å²) in [7, 11) is 0. The minimum absolute atomic E-state index is 0.670. The Morgan fingerprint density at radius 3 is 2.35 bits per heavy atom. The smallest absolute Gasteiger partial charge is 0.0562 e. The van der Waals surface area contributed by atoms with Crippen molar-refractivity contribution in [1.29, 1.82) is 0 Å². The van der Waals surface area contributed by atoms with Gasteiger partial charge in [-0.05, 0) is 36.9 Å². The van der Waals surface area contributed by atoms with Gasteiger partial charge < -0.3 is 10.2 Å². The van der Waals surface area contributed by atoms with Crippen LogP contribution in [0.25, 0.3) is 0 Å². The predicted molar refractivity (Wildman–Crippen MR) is 88.1 cm³/mol. The highest BCUT2D eigenvalue weighted by Crippen LogP contribution is 2.18. The van der Waals surface area contributed by atoms with E-state index in [2.05, 4.69) is 62.0 Å². The molecule has 0 aliphatic carbocycles. The largest absolute Gasteiger partial charge is 0.371 e. The molecule has 0 aliphatic heterocycles. The normalized spacial score (nSPS) is 11.3. The lowest BCUT2D eigenvalue weighted by Gasteiger charge is -2.28. The molecule has 0 bridgehead atoms. The minimum Gasteiger partial charge on any atom is -0.371 e. The molecule has 0 amide bonds. The van der Waals surface area contributed by atoms with Crippen molar-refractivity contribution in [1.82, 2.24) is 10.3 Å². The van der Waals surface area contributed by atoms with Crippen LogP contribution in [0.1, 0.15) is 46.7 Å². The maximum absolute atomic E-state index is 4.46. The minimum atomic E-state index is 0.670. The van der Waals surface area contributed by atoms with Crippen LogP contribution in [-0.2, 0) is 6.54 Å². The first kappa shape index (κ1) is 17.0. The molecule has 1 aromatic rings. The van der Waals surface area contributed by atoms with Gasteiger partial charge in [-0.25, -0.2) is 0 Å². The van der Waals surface area contributed by atoms with Crippen molar-refractivity contribution < 1.29 is 0 Å². The van der Waals surface area contributed by atoms with Crippen LogP contribution >= 0.6 is 0 Å². The van der Waals surface area contributed by atoms with Crippen molar-refractivity contribution in [3.63, 3.8) is 0 Å². The fourth-order valence-electron chi connectivity index (χ4n) is 2.32. The summed E-state index contributed by atoms with van der Waals surface area (Å²) < 4.78 is 0. The van der Waals surface area contributed by atoms with Crippen LogP contribution in [-0.4, -0.2) is 24.6 Å². The van der Waals surface area contributed by atoms with Gasteiger partial charge in [0, 0.05) is 31.5 Å². The quantitative estimate of drug-likeness (QED) is 0.698. The lowest BCUT2D eigenvalue weighted by atomic mass is 10.1. The van der Waals surface area contributed by atoms with Crippen LogP contribution < -0.4 is 10.2 Å². The summed E-state index contributed by atoms with van der Waals surface area (Å²) >= 11 is 0. The van der Waals surface area contributed by atoms with Gasteiger partial charge in [0.15, 0.2) is 0 Å². The average Bonchev–Trinajstić information content (AvgIpc) is 2.37. The van der Waals surface area contributed by atoms with E-state index in [9.17, 15) is 0 Å². The van der Waals surface area contributed by atoms with E-state index in [1.165, 1.54) is 5.69 Å². The van der Waals surface area contributed by atoms with Gasteiger partial charge in [0.25, 0.3) is 0 Å². The molecule has 1 N–H and O–H groups in total. The Hall–Kier alpha value is -1.09. The van der Waals surface area contributed by atoms with Gasteiger partial charge in [-0.2, -0.15) is 0 Å². The first-order chi connectivity index (χ1) is 9.52. The summed E-state index contributed by atoms with van der Waals surface area (Å²) in [6.45, 7) is 15.4. The Bertz CT molecular complexity index is 364. The Balaban J connectivity index is 2.76. The molecule has 0 spiro atoms. The Morgan fingerprint density at radius 2 is 1.80 bits per heavy atom. The summed E-state index contributed by atoms with van der Waals surface area (Å²) in [5, 5.41) is 3.42. The lowest BCUT2D eigenvalue weighted by Crippen LogP contribution is -2.31. The summed E-state index contributed by atoms with van der Waals surface area (Å²) in [6.07, 6.45) is 3.10. The second kappa shape index (κ2) is 8.96. The lowest BCUT2D eigenvalue weighted by molar-refractivity contribution is 0.552. The van der Waals surface area contributed by atoms with E-state index in [0.29, 0.717) is 11.8 Å². The third-order valence-corrected chi connectivity index (χ3v) is 3.07. The van der Waals surface area contributed by atoms with E-state index >= 15 is 0 Å². The molecule has 0 saturated carbocycles. The van der Waals surface area contributed by atoms with Gasteiger partial charge in [0.2, 0.25) is 0 Å². The van der Waals surface area contributed by atoms with E-state index < -0.39 is 0 Å². The van der Waals surface area contributed by atoms with Crippen molar-refractivity contribution in [2.75, 3.05) is 24.5 Å². The second-order valence-electron chi connectivity index (χ2n) is 6.37. The Morgan fingerprint density at radius 1 is 1.15 bits per heavy atom. The van der Waals surface area contributed by atoms with E-state index in [1.807, 2.05) is 6.20 Å². The molecule has 1 heterocycles. The summed E-state index contributed by atoms with van der Waals surface area (Å²) in [5.41, 5.74) is 2.43. The molecule has 1 aromatic heterocycles. The molecule has 0 atom stereocenters. The van der Waals surface area contributed by atoms with Crippen LogP contribution in [0.15, 0.2) is 18.3 Å². The summed E-state index contributed by atoms with van der Waals surface area (Å²) in [4.78, 5) is 6.95. The number of aromatic nitrogens is 1. The number of nitrogens with one attached hydrogen (secondary N) is 1. The van der Waals surface area contributed by atoms with Crippen LogP contribution in [0, 0.1) is 11.8 Å². The third kappa shape index (κ3) is 6.38. The topological polar surface area (TPSA) is 28.2 Å². The molecule has 114 valence electrons. The van der Waals surface area contributed by atoms with E-state index in [0.717, 1.165) is 38.3 Å². The van der Waals surface area contributed by atoms with Crippen molar-refractivity contribution >= 4 is 5.69 Å². The van der Waals surface area contributed by atoms with Crippen molar-refractivity contribution in [2.45, 2.75) is 47.6 Å². The molecule has 1 rings (SSSR count). The van der Waals surface area contributed by atoms with Crippen LogP contribution in [0.3, 0.4) is 0 Å². The van der Waals surface area contributed by atoms with E-state index in [4.69, 9.17) is 0 Å². The molecule has 0 saturated heterocycles. The monoisotopic (exact) mass is 277 g/mol. The molecule has 3 heteroatoms. The van der Waals surface area contributed by atoms with E-state index in [-0.39, 0.29) is 0 Å². The van der Waals surface area contributed by atoms with Crippen LogP contribution in [0.4, 0.5) is 5.69 Å². The van der Waals surface area contributed by atoms with Crippen molar-refractivity contribution in [3.8, 4) is 0 Å². The molecule has 3 nitrogen and oxygen atoms in total. The second-order valence-corrected chi connectivity index (χ2v) is 6.37. The summed E-state index contributed by atoms with van der Waals surface area (Å²) in [5.74, 6) is 1.34. The maximum atomic E-state index is 4.46. The SMILES string of the molecule is CCCNCc1cc(N(CC(C)C)CC(C)C)ccn1. The Kier molecular flexibility index (Phi) is 7.60. The highest BCUT2D eigenvalue weighted by Gasteiger charge is 2.11. The molecular formula is C17H31N3. The highest BCUT2D eigenvalue weighted by molar-refractivity contribution is 5.46. The standard InChI is InChI=1S/C17H31N3/c1-6-8-18-11-16-10-17(7-9-19-16)20(12-14(2)3)13-15(4)5/h7,9-10,14-15,18H,6,8,11-13H2,1-5H3. The zero-order valence-electron chi connectivity index (χ0n) is 13.8. The molecule has 0 radical (unpaired) electrons. The average molecular weight is 277 g/mol. The van der Waals surface area contributed by atoms with Crippen LogP contribution in [0.5, 0.6) is 0 Å². The fraction of sp³-hybridized carbons (Fsp3) is 0.706. The molecule has 0 aromatic carbocycles. The number of nitrogens with zero attached hydrogens (tertiary/aromatic N) is 2. The van der Waals surface area contributed by atoms with Gasteiger partial charge in [-0.1, -0.05) is 34.6 Å². The third-order valence-electron chi connectivity index (χ3n) is 3.07. The van der Waals surface area contributed by atoms with Crippen molar-refractivity contribution in [2.24, 2.45) is 11.8 Å². The predicted octanol–water partition coefficient (Wildman–Crippen LogP) is 3.70. The zero-order valence-corrected chi connectivity index (χ0v) is 13.8. The van der Waals surface area contributed by atoms with Crippen LogP contribution in [0.2, 0.25) is 0 Å². The molecule has 0 unspecified atom stereocenters. The van der Waals surface area contributed by atoms with Gasteiger partial charge in [-0.15, -0.1) is 0 Å². The number of hydrogen-bond acceptors (Lipinski definition) is 3. The highest BCUT2D eigenvalue weighted by atomic mass is 15.1.